The van der Waals surface area contributed by atoms with Crippen LogP contribution in [0.5, 0.6) is 5.75 Å². The van der Waals surface area contributed by atoms with E-state index in [-0.39, 0.29) is 4.90 Å². The zero-order valence-corrected chi connectivity index (χ0v) is 17.7. The van der Waals surface area contributed by atoms with Crippen molar-refractivity contribution < 1.29 is 22.8 Å². The molecule has 1 saturated heterocycles. The van der Waals surface area contributed by atoms with Crippen molar-refractivity contribution in [3.8, 4) is 5.75 Å². The summed E-state index contributed by atoms with van der Waals surface area (Å²) >= 11 is 5.30. The molecule has 0 saturated carbocycles. The van der Waals surface area contributed by atoms with Crippen molar-refractivity contribution in [1.29, 1.82) is 0 Å². The molecular weight excluding hydrogens is 388 g/mol. The molecule has 27 heavy (non-hydrogen) atoms. The minimum atomic E-state index is -3.67. The van der Waals surface area contributed by atoms with Gasteiger partial charge in [-0.15, -0.1) is 0 Å². The number of methoxy groups -OCH3 is 1. The molecule has 1 aromatic carbocycles. The molecule has 0 amide bonds. The lowest BCUT2D eigenvalue weighted by molar-refractivity contribution is -0.858. The summed E-state index contributed by atoms with van der Waals surface area (Å²) in [5, 5.41) is 6.64. The van der Waals surface area contributed by atoms with Crippen molar-refractivity contribution in [2.75, 3.05) is 65.9 Å². The first kappa shape index (κ1) is 21.8. The zero-order valence-electron chi connectivity index (χ0n) is 16.1. The van der Waals surface area contributed by atoms with Gasteiger partial charge in [0.2, 0.25) is 10.0 Å². The third-order valence-electron chi connectivity index (χ3n) is 4.15. The first-order chi connectivity index (χ1) is 12.8. The van der Waals surface area contributed by atoms with Gasteiger partial charge in [0, 0.05) is 31.7 Å². The highest BCUT2D eigenvalue weighted by molar-refractivity contribution is 7.89. The number of sulfonamides is 1. The SMILES string of the molecule is COc1ccc(NC(=S)NCCC[NH+](C)C)cc1S(=O)(=O)N1CCOCC1. The van der Waals surface area contributed by atoms with Gasteiger partial charge in [-0.3, -0.25) is 0 Å². The first-order valence-corrected chi connectivity index (χ1v) is 10.8. The van der Waals surface area contributed by atoms with Gasteiger partial charge in [0.15, 0.2) is 5.11 Å². The van der Waals surface area contributed by atoms with Crippen molar-refractivity contribution in [3.63, 3.8) is 0 Å². The molecule has 1 aliphatic rings. The Morgan fingerprint density at radius 1 is 1.33 bits per heavy atom. The van der Waals surface area contributed by atoms with E-state index in [1.807, 2.05) is 0 Å². The quantitative estimate of drug-likeness (QED) is 0.390. The van der Waals surface area contributed by atoms with E-state index in [0.29, 0.717) is 42.9 Å². The fourth-order valence-corrected chi connectivity index (χ4v) is 4.51. The van der Waals surface area contributed by atoms with Crippen molar-refractivity contribution in [1.82, 2.24) is 9.62 Å². The second-order valence-corrected chi connectivity index (χ2v) is 8.89. The van der Waals surface area contributed by atoms with E-state index in [1.165, 1.54) is 16.3 Å². The molecule has 0 radical (unpaired) electrons. The van der Waals surface area contributed by atoms with Crippen LogP contribution in [0, 0.1) is 0 Å². The molecule has 1 fully saturated rings. The number of quaternary nitrogens is 1. The number of ether oxygens (including phenoxy) is 2. The fourth-order valence-electron chi connectivity index (χ4n) is 2.70. The van der Waals surface area contributed by atoms with E-state index >= 15 is 0 Å². The number of benzene rings is 1. The van der Waals surface area contributed by atoms with E-state index in [4.69, 9.17) is 21.7 Å². The minimum Gasteiger partial charge on any atom is -0.495 e. The molecule has 0 atom stereocenters. The maximum absolute atomic E-state index is 13.0. The predicted octanol–water partition coefficient (Wildman–Crippen LogP) is -0.463. The summed E-state index contributed by atoms with van der Waals surface area (Å²) in [6.45, 7) is 3.24. The summed E-state index contributed by atoms with van der Waals surface area (Å²) < 4.78 is 37.9. The average Bonchev–Trinajstić information content (AvgIpc) is 2.65. The van der Waals surface area contributed by atoms with Crippen LogP contribution in [0.25, 0.3) is 0 Å². The lowest BCUT2D eigenvalue weighted by atomic mass is 10.3. The van der Waals surface area contributed by atoms with E-state index in [1.54, 1.807) is 18.2 Å². The third-order valence-corrected chi connectivity index (χ3v) is 6.31. The highest BCUT2D eigenvalue weighted by Crippen LogP contribution is 2.30. The normalized spacial score (nSPS) is 15.6. The molecule has 10 heteroatoms. The molecule has 0 bridgehead atoms. The van der Waals surface area contributed by atoms with Gasteiger partial charge in [-0.1, -0.05) is 0 Å². The summed E-state index contributed by atoms with van der Waals surface area (Å²) in [4.78, 5) is 1.50. The lowest BCUT2D eigenvalue weighted by Gasteiger charge is -2.27. The predicted molar refractivity (Wildman–Crippen MR) is 109 cm³/mol. The van der Waals surface area contributed by atoms with Crippen LogP contribution in [0.15, 0.2) is 23.1 Å². The zero-order chi connectivity index (χ0) is 19.9. The Balaban J connectivity index is 2.09. The summed E-state index contributed by atoms with van der Waals surface area (Å²) in [5.74, 6) is 0.305. The van der Waals surface area contributed by atoms with Crippen molar-refractivity contribution in [3.05, 3.63) is 18.2 Å². The molecule has 2 rings (SSSR count). The second-order valence-electron chi connectivity index (χ2n) is 6.57. The smallest absolute Gasteiger partial charge is 0.246 e. The number of morpholine rings is 1. The fraction of sp³-hybridized carbons (Fsp3) is 0.588. The highest BCUT2D eigenvalue weighted by Gasteiger charge is 2.29. The van der Waals surface area contributed by atoms with Crippen LogP contribution in [0.1, 0.15) is 6.42 Å². The van der Waals surface area contributed by atoms with Crippen LogP contribution in [0.3, 0.4) is 0 Å². The highest BCUT2D eigenvalue weighted by atomic mass is 32.2. The standard InChI is InChI=1S/C17H28N4O4S2/c1-20(2)8-4-7-18-17(26)19-14-5-6-15(24-3)16(13-14)27(22,23)21-9-11-25-12-10-21/h5-6,13H,4,7-12H2,1-3H3,(H2,18,19,26)/p+1. The van der Waals surface area contributed by atoms with Gasteiger partial charge in [0.05, 0.1) is 41.0 Å². The van der Waals surface area contributed by atoms with E-state index in [0.717, 1.165) is 19.5 Å². The van der Waals surface area contributed by atoms with Crippen molar-refractivity contribution in [2.45, 2.75) is 11.3 Å². The maximum Gasteiger partial charge on any atom is 0.246 e. The number of hydrogen-bond acceptors (Lipinski definition) is 5. The molecule has 3 N–H and O–H groups in total. The van der Waals surface area contributed by atoms with Gasteiger partial charge in [0.1, 0.15) is 10.6 Å². The van der Waals surface area contributed by atoms with E-state index in [9.17, 15) is 8.42 Å². The van der Waals surface area contributed by atoms with E-state index < -0.39 is 10.0 Å². The van der Waals surface area contributed by atoms with Crippen LogP contribution >= 0.6 is 12.2 Å². The van der Waals surface area contributed by atoms with Crippen molar-refractivity contribution >= 4 is 33.0 Å². The van der Waals surface area contributed by atoms with Crippen LogP contribution in [-0.2, 0) is 14.8 Å². The maximum atomic E-state index is 13.0. The van der Waals surface area contributed by atoms with Crippen LogP contribution in [0.2, 0.25) is 0 Å². The molecule has 0 unspecified atom stereocenters. The van der Waals surface area contributed by atoms with Gasteiger partial charge in [-0.05, 0) is 30.4 Å². The van der Waals surface area contributed by atoms with Gasteiger partial charge in [-0.2, -0.15) is 4.31 Å². The van der Waals surface area contributed by atoms with Crippen LogP contribution in [-0.4, -0.2) is 78.4 Å². The third kappa shape index (κ3) is 6.28. The Kier molecular flexibility index (Phi) is 8.24. The topological polar surface area (TPSA) is 84.3 Å². The van der Waals surface area contributed by atoms with Crippen LogP contribution < -0.4 is 20.3 Å². The largest absolute Gasteiger partial charge is 0.495 e. The molecule has 0 aromatic heterocycles. The van der Waals surface area contributed by atoms with Gasteiger partial charge in [-0.25, -0.2) is 8.42 Å². The van der Waals surface area contributed by atoms with E-state index in [2.05, 4.69) is 24.7 Å². The van der Waals surface area contributed by atoms with Gasteiger partial charge in [0.25, 0.3) is 0 Å². The Morgan fingerprint density at radius 3 is 2.67 bits per heavy atom. The molecule has 152 valence electrons. The molecule has 0 aliphatic carbocycles. The summed E-state index contributed by atoms with van der Waals surface area (Å²) in [6, 6.07) is 4.93. The molecule has 8 nitrogen and oxygen atoms in total. The number of anilines is 1. The van der Waals surface area contributed by atoms with Gasteiger partial charge < -0.3 is 25.0 Å². The summed E-state index contributed by atoms with van der Waals surface area (Å²) in [7, 11) is 1.99. The van der Waals surface area contributed by atoms with Crippen LogP contribution in [0.4, 0.5) is 5.69 Å². The number of nitrogens with zero attached hydrogens (tertiary/aromatic N) is 1. The average molecular weight is 418 g/mol. The summed E-state index contributed by atoms with van der Waals surface area (Å²) in [5.41, 5.74) is 0.596. The number of rotatable bonds is 8. The molecule has 1 aliphatic heterocycles. The lowest BCUT2D eigenvalue weighted by Crippen LogP contribution is -3.05. The molecule has 1 heterocycles. The Labute approximate surface area is 166 Å². The number of thiocarbonyl (C=S) groups is 1. The number of nitrogens with one attached hydrogen (secondary N) is 3. The summed E-state index contributed by atoms with van der Waals surface area (Å²) in [6.07, 6.45) is 0.990. The monoisotopic (exact) mass is 417 g/mol. The Morgan fingerprint density at radius 2 is 2.04 bits per heavy atom. The first-order valence-electron chi connectivity index (χ1n) is 8.94. The second kappa shape index (κ2) is 10.2. The Bertz CT molecular complexity index is 734. The Hall–Kier alpha value is -1.46. The minimum absolute atomic E-state index is 0.121. The number of hydrogen-bond donors (Lipinski definition) is 3. The molecule has 1 aromatic rings. The molecular formula is C17H29N4O4S2+. The molecule has 0 spiro atoms. The van der Waals surface area contributed by atoms with Gasteiger partial charge >= 0.3 is 0 Å². The van der Waals surface area contributed by atoms with Crippen molar-refractivity contribution in [2.24, 2.45) is 0 Å².